The van der Waals surface area contributed by atoms with E-state index in [4.69, 9.17) is 9.47 Å². The van der Waals surface area contributed by atoms with E-state index in [0.29, 0.717) is 28.1 Å². The van der Waals surface area contributed by atoms with Crippen LogP contribution in [0.4, 0.5) is 0 Å². The van der Waals surface area contributed by atoms with Crippen molar-refractivity contribution in [3.63, 3.8) is 0 Å². The number of ether oxygens (including phenoxy) is 2. The Morgan fingerprint density at radius 1 is 1.04 bits per heavy atom. The van der Waals surface area contributed by atoms with E-state index in [-0.39, 0.29) is 6.61 Å². The molecule has 2 aromatic rings. The van der Waals surface area contributed by atoms with Gasteiger partial charge in [0.1, 0.15) is 11.5 Å². The van der Waals surface area contributed by atoms with Crippen LogP contribution in [0.15, 0.2) is 51.4 Å². The number of hydrogen-bond acceptors (Lipinski definition) is 4. The summed E-state index contributed by atoms with van der Waals surface area (Å²) >= 11 is 6.69. The van der Waals surface area contributed by atoms with E-state index in [2.05, 4.69) is 49.6 Å². The molecule has 27 heavy (non-hydrogen) atoms. The molecule has 2 N–H and O–H groups in total. The van der Waals surface area contributed by atoms with E-state index in [9.17, 15) is 9.59 Å². The third-order valence-corrected chi connectivity index (χ3v) is 4.54. The number of halogens is 2. The molecule has 0 atom stereocenters. The lowest BCUT2D eigenvalue weighted by Crippen LogP contribution is -2.43. The van der Waals surface area contributed by atoms with Crippen molar-refractivity contribution in [2.45, 2.75) is 19.8 Å². The molecule has 144 valence electrons. The fourth-order valence-electron chi connectivity index (χ4n) is 2.03. The number of hydrazine groups is 1. The highest BCUT2D eigenvalue weighted by molar-refractivity contribution is 9.11. The molecule has 6 nitrogen and oxygen atoms in total. The van der Waals surface area contributed by atoms with E-state index >= 15 is 0 Å². The Balaban J connectivity index is 1.80. The van der Waals surface area contributed by atoms with Gasteiger partial charge in [0.25, 0.3) is 11.8 Å². The van der Waals surface area contributed by atoms with Gasteiger partial charge in [-0.1, -0.05) is 35.3 Å². The second kappa shape index (κ2) is 10.9. The highest BCUT2D eigenvalue weighted by Gasteiger charge is 2.10. The molecule has 0 heterocycles. The second-order valence-corrected chi connectivity index (χ2v) is 7.37. The van der Waals surface area contributed by atoms with Gasteiger partial charge in [0, 0.05) is 10.0 Å². The minimum atomic E-state index is -0.478. The molecule has 0 aromatic heterocycles. The van der Waals surface area contributed by atoms with Crippen molar-refractivity contribution in [2.24, 2.45) is 0 Å². The molecule has 0 saturated carbocycles. The number of carbonyl (C=O) groups excluding carboxylic acids is 2. The topological polar surface area (TPSA) is 76.7 Å². The molecule has 0 radical (unpaired) electrons. The Hall–Kier alpha value is -2.06. The molecule has 8 heteroatoms. The maximum Gasteiger partial charge on any atom is 0.276 e. The average Bonchev–Trinajstić information content (AvgIpc) is 2.66. The summed E-state index contributed by atoms with van der Waals surface area (Å²) in [6.07, 6.45) is 1.98. The van der Waals surface area contributed by atoms with Gasteiger partial charge in [0.2, 0.25) is 0 Å². The predicted octanol–water partition coefficient (Wildman–Crippen LogP) is 4.23. The van der Waals surface area contributed by atoms with Gasteiger partial charge in [0.15, 0.2) is 6.61 Å². The molecule has 2 amide bonds. The van der Waals surface area contributed by atoms with Crippen molar-refractivity contribution < 1.29 is 19.1 Å². The first kappa shape index (κ1) is 21.2. The van der Waals surface area contributed by atoms with Crippen molar-refractivity contribution in [3.8, 4) is 11.5 Å². The summed E-state index contributed by atoms with van der Waals surface area (Å²) in [6, 6.07) is 12.1. The first-order valence-electron chi connectivity index (χ1n) is 8.39. The Morgan fingerprint density at radius 3 is 2.59 bits per heavy atom. The summed E-state index contributed by atoms with van der Waals surface area (Å²) in [6.45, 7) is 2.44. The Labute approximate surface area is 174 Å². The Kier molecular flexibility index (Phi) is 8.60. The molecule has 0 spiro atoms. The van der Waals surface area contributed by atoms with Gasteiger partial charge < -0.3 is 9.47 Å². The molecule has 0 bridgehead atoms. The quantitative estimate of drug-likeness (QED) is 0.421. The van der Waals surface area contributed by atoms with Crippen LogP contribution in [0.5, 0.6) is 11.5 Å². The number of hydrogen-bond donors (Lipinski definition) is 2. The van der Waals surface area contributed by atoms with Gasteiger partial charge in [0.05, 0.1) is 11.1 Å². The van der Waals surface area contributed by atoms with Crippen LogP contribution in [-0.2, 0) is 4.79 Å². The van der Waals surface area contributed by atoms with Gasteiger partial charge in [-0.3, -0.25) is 20.4 Å². The largest absolute Gasteiger partial charge is 0.494 e. The van der Waals surface area contributed by atoms with Gasteiger partial charge in [-0.25, -0.2) is 0 Å². The zero-order valence-corrected chi connectivity index (χ0v) is 17.9. The number of nitrogens with one attached hydrogen (secondary N) is 2. The van der Waals surface area contributed by atoms with E-state index in [0.717, 1.165) is 17.3 Å². The lowest BCUT2D eigenvalue weighted by atomic mass is 10.2. The van der Waals surface area contributed by atoms with Gasteiger partial charge in [-0.2, -0.15) is 0 Å². The first-order valence-corrected chi connectivity index (χ1v) is 9.98. The normalized spacial score (nSPS) is 10.2. The van der Waals surface area contributed by atoms with Crippen LogP contribution in [0.2, 0.25) is 0 Å². The predicted molar refractivity (Wildman–Crippen MR) is 110 cm³/mol. The molecular weight excluding hydrogens is 480 g/mol. The number of carbonyl (C=O) groups is 2. The van der Waals surface area contributed by atoms with Crippen molar-refractivity contribution in [1.82, 2.24) is 10.9 Å². The van der Waals surface area contributed by atoms with Gasteiger partial charge in [-0.15, -0.1) is 0 Å². The van der Waals surface area contributed by atoms with Crippen LogP contribution in [0, 0.1) is 0 Å². The Bertz CT molecular complexity index is 799. The zero-order valence-electron chi connectivity index (χ0n) is 14.8. The van der Waals surface area contributed by atoms with Crippen molar-refractivity contribution in [1.29, 1.82) is 0 Å². The van der Waals surface area contributed by atoms with Crippen molar-refractivity contribution in [2.75, 3.05) is 13.2 Å². The average molecular weight is 500 g/mol. The summed E-state index contributed by atoms with van der Waals surface area (Å²) in [5, 5.41) is 0. The number of amides is 2. The number of benzene rings is 2. The van der Waals surface area contributed by atoms with Crippen LogP contribution in [0.1, 0.15) is 30.1 Å². The Morgan fingerprint density at radius 2 is 1.85 bits per heavy atom. The van der Waals surface area contributed by atoms with Crippen LogP contribution >= 0.6 is 31.9 Å². The van der Waals surface area contributed by atoms with E-state index in [1.54, 1.807) is 36.4 Å². The maximum absolute atomic E-state index is 12.2. The van der Waals surface area contributed by atoms with E-state index in [1.165, 1.54) is 0 Å². The molecule has 2 aromatic carbocycles. The number of rotatable bonds is 8. The smallest absolute Gasteiger partial charge is 0.276 e. The third-order valence-electron chi connectivity index (χ3n) is 3.43. The van der Waals surface area contributed by atoms with Gasteiger partial charge >= 0.3 is 0 Å². The standard InChI is InChI=1S/C19H20Br2N2O4/c1-2-3-9-26-15-6-4-5-13(10-15)19(25)23-22-18(24)12-27-17-8-7-14(20)11-16(17)21/h4-8,10-11H,2-3,9,12H2,1H3,(H,22,24)(H,23,25). The van der Waals surface area contributed by atoms with Crippen LogP contribution in [0.25, 0.3) is 0 Å². The molecule has 0 aliphatic heterocycles. The van der Waals surface area contributed by atoms with Crippen molar-refractivity contribution >= 4 is 43.7 Å². The van der Waals surface area contributed by atoms with Gasteiger partial charge in [-0.05, 0) is 58.7 Å². The summed E-state index contributed by atoms with van der Waals surface area (Å²) in [5.74, 6) is 0.227. The second-order valence-electron chi connectivity index (χ2n) is 5.60. The fraction of sp³-hybridized carbons (Fsp3) is 0.263. The first-order chi connectivity index (χ1) is 13.0. The summed E-state index contributed by atoms with van der Waals surface area (Å²) < 4.78 is 12.6. The fourth-order valence-corrected chi connectivity index (χ4v) is 3.19. The van der Waals surface area contributed by atoms with E-state index < -0.39 is 11.8 Å². The molecule has 0 aliphatic rings. The van der Waals surface area contributed by atoms with Crippen LogP contribution < -0.4 is 20.3 Å². The maximum atomic E-state index is 12.2. The minimum Gasteiger partial charge on any atom is -0.494 e. The lowest BCUT2D eigenvalue weighted by molar-refractivity contribution is -0.123. The summed E-state index contributed by atoms with van der Waals surface area (Å²) in [4.78, 5) is 24.0. The van der Waals surface area contributed by atoms with Crippen LogP contribution in [0.3, 0.4) is 0 Å². The molecule has 0 aliphatic carbocycles. The molecule has 2 rings (SSSR count). The van der Waals surface area contributed by atoms with E-state index in [1.807, 2.05) is 6.07 Å². The zero-order chi connectivity index (χ0) is 19.6. The highest BCUT2D eigenvalue weighted by atomic mass is 79.9. The van der Waals surface area contributed by atoms with Crippen molar-refractivity contribution in [3.05, 3.63) is 57.0 Å². The third kappa shape index (κ3) is 7.22. The minimum absolute atomic E-state index is 0.235. The monoisotopic (exact) mass is 498 g/mol. The van der Waals surface area contributed by atoms with Crippen LogP contribution in [-0.4, -0.2) is 25.0 Å². The summed E-state index contributed by atoms with van der Waals surface area (Å²) in [5.41, 5.74) is 5.07. The molecular formula is C19H20Br2N2O4. The molecule has 0 saturated heterocycles. The molecule has 0 unspecified atom stereocenters. The highest BCUT2D eigenvalue weighted by Crippen LogP contribution is 2.28. The number of unbranched alkanes of at least 4 members (excludes halogenated alkanes) is 1. The molecule has 0 fully saturated rings. The SMILES string of the molecule is CCCCOc1cccc(C(=O)NNC(=O)COc2ccc(Br)cc2Br)c1. The summed E-state index contributed by atoms with van der Waals surface area (Å²) in [7, 11) is 0. The lowest BCUT2D eigenvalue weighted by Gasteiger charge is -2.11.